The molecule has 1 atom stereocenters. The standard InChI is InChI=1S/C27H31ClN8O2/c1-15-22(35(5)33-31-15)17-12-20-21(30-13-17)24-25(26(27(2,3)37)32-34(24)4)36(20)23(16-8-10-38-11-9-16)19-7-6-18(28)14-29-19/h6-7,12-14,16,23,37H,8-11H2,1-5H3. The number of ether oxygens (including phenoxy) is 1. The van der Waals surface area contributed by atoms with Crippen molar-refractivity contribution in [3.8, 4) is 11.3 Å². The van der Waals surface area contributed by atoms with Gasteiger partial charge in [0.1, 0.15) is 22.3 Å². The Hall–Kier alpha value is -3.34. The summed E-state index contributed by atoms with van der Waals surface area (Å²) in [4.78, 5) is 9.76. The first-order valence-corrected chi connectivity index (χ1v) is 13.2. The summed E-state index contributed by atoms with van der Waals surface area (Å²) < 4.78 is 11.6. The quantitative estimate of drug-likeness (QED) is 0.357. The van der Waals surface area contributed by atoms with Crippen molar-refractivity contribution < 1.29 is 9.84 Å². The highest BCUT2D eigenvalue weighted by atomic mass is 35.5. The van der Waals surface area contributed by atoms with Crippen LogP contribution in [0.2, 0.25) is 5.02 Å². The Bertz CT molecular complexity index is 1620. The highest BCUT2D eigenvalue weighted by molar-refractivity contribution is 6.30. The first-order chi connectivity index (χ1) is 18.1. The Morgan fingerprint density at radius 3 is 2.47 bits per heavy atom. The van der Waals surface area contributed by atoms with E-state index in [1.165, 1.54) is 0 Å². The summed E-state index contributed by atoms with van der Waals surface area (Å²) in [5, 5.41) is 25.1. The van der Waals surface area contributed by atoms with E-state index in [4.69, 9.17) is 31.4 Å². The van der Waals surface area contributed by atoms with Crippen molar-refractivity contribution in [2.24, 2.45) is 20.0 Å². The molecule has 0 radical (unpaired) electrons. The zero-order valence-electron chi connectivity index (χ0n) is 22.2. The molecule has 0 aromatic carbocycles. The molecule has 38 heavy (non-hydrogen) atoms. The molecule has 0 bridgehead atoms. The van der Waals surface area contributed by atoms with Gasteiger partial charge in [0.15, 0.2) is 0 Å². The molecule has 198 valence electrons. The molecule has 11 heteroatoms. The van der Waals surface area contributed by atoms with E-state index in [0.717, 1.165) is 57.6 Å². The number of aromatic nitrogens is 8. The lowest BCUT2D eigenvalue weighted by Gasteiger charge is -2.32. The van der Waals surface area contributed by atoms with Crippen LogP contribution in [0.4, 0.5) is 0 Å². The Kier molecular flexibility index (Phi) is 6.01. The molecule has 0 aliphatic carbocycles. The molecule has 1 unspecified atom stereocenters. The van der Waals surface area contributed by atoms with E-state index in [2.05, 4.69) is 20.9 Å². The smallest absolute Gasteiger partial charge is 0.118 e. The molecular formula is C27H31ClN8O2. The third-order valence-corrected chi connectivity index (χ3v) is 7.73. The van der Waals surface area contributed by atoms with Gasteiger partial charge in [0.25, 0.3) is 0 Å². The number of hydrogen-bond acceptors (Lipinski definition) is 7. The molecule has 10 nitrogen and oxygen atoms in total. The molecule has 5 aromatic rings. The molecule has 0 spiro atoms. The van der Waals surface area contributed by atoms with Crippen molar-refractivity contribution in [3.05, 3.63) is 52.7 Å². The van der Waals surface area contributed by atoms with Crippen molar-refractivity contribution in [2.75, 3.05) is 13.2 Å². The van der Waals surface area contributed by atoms with Crippen LogP contribution in [0.1, 0.15) is 49.8 Å². The zero-order valence-corrected chi connectivity index (χ0v) is 22.9. The SMILES string of the molecule is Cc1nnn(C)c1-c1cnc2c3c(c(C(C)(C)O)nn3C)n(C(c3ccc(Cl)cn3)C3CCOCC3)c2c1. The van der Waals surface area contributed by atoms with Crippen LogP contribution in [0, 0.1) is 12.8 Å². The van der Waals surface area contributed by atoms with Crippen LogP contribution in [-0.2, 0) is 24.4 Å². The number of aliphatic hydroxyl groups is 1. The number of aryl methyl sites for hydroxylation is 3. The molecule has 0 amide bonds. The average Bonchev–Trinajstić information content (AvgIpc) is 3.52. The fourth-order valence-electron chi connectivity index (χ4n) is 5.81. The van der Waals surface area contributed by atoms with Gasteiger partial charge < -0.3 is 14.4 Å². The Morgan fingerprint density at radius 2 is 1.84 bits per heavy atom. The van der Waals surface area contributed by atoms with E-state index >= 15 is 0 Å². The number of rotatable bonds is 5. The van der Waals surface area contributed by atoms with Gasteiger partial charge in [0.2, 0.25) is 0 Å². The van der Waals surface area contributed by atoms with Gasteiger partial charge in [-0.1, -0.05) is 16.8 Å². The van der Waals surface area contributed by atoms with E-state index in [9.17, 15) is 5.11 Å². The van der Waals surface area contributed by atoms with E-state index in [0.29, 0.717) is 23.9 Å². The molecule has 5 aromatic heterocycles. The Balaban J connectivity index is 1.73. The summed E-state index contributed by atoms with van der Waals surface area (Å²) in [6.07, 6.45) is 5.32. The van der Waals surface area contributed by atoms with E-state index in [-0.39, 0.29) is 12.0 Å². The van der Waals surface area contributed by atoms with Gasteiger partial charge in [-0.15, -0.1) is 5.10 Å². The topological polar surface area (TPSA) is 109 Å². The summed E-state index contributed by atoms with van der Waals surface area (Å²) in [7, 11) is 3.78. The molecule has 1 fully saturated rings. The van der Waals surface area contributed by atoms with Gasteiger partial charge in [-0.05, 0) is 57.7 Å². The second-order valence-electron chi connectivity index (χ2n) is 10.6. The lowest BCUT2D eigenvalue weighted by molar-refractivity contribution is 0.0542. The number of hydrogen-bond donors (Lipinski definition) is 1. The zero-order chi connectivity index (χ0) is 26.8. The normalized spacial score (nSPS) is 16.1. The summed E-state index contributed by atoms with van der Waals surface area (Å²) >= 11 is 6.25. The first kappa shape index (κ1) is 25.0. The highest BCUT2D eigenvalue weighted by Gasteiger charge is 2.36. The second-order valence-corrected chi connectivity index (χ2v) is 11.1. The fraction of sp³-hybridized carbons (Fsp3) is 0.444. The maximum absolute atomic E-state index is 11.2. The van der Waals surface area contributed by atoms with Crippen LogP contribution in [0.15, 0.2) is 30.6 Å². The maximum Gasteiger partial charge on any atom is 0.118 e. The summed E-state index contributed by atoms with van der Waals surface area (Å²) in [5.74, 6) is 0.245. The van der Waals surface area contributed by atoms with Crippen LogP contribution < -0.4 is 0 Å². The van der Waals surface area contributed by atoms with Gasteiger partial charge in [-0.2, -0.15) is 5.10 Å². The van der Waals surface area contributed by atoms with Crippen molar-refractivity contribution in [2.45, 2.75) is 45.3 Å². The first-order valence-electron chi connectivity index (χ1n) is 12.8. The van der Waals surface area contributed by atoms with Crippen LogP contribution >= 0.6 is 11.6 Å². The van der Waals surface area contributed by atoms with Crippen LogP contribution in [-0.4, -0.2) is 57.6 Å². The number of nitrogens with zero attached hydrogens (tertiary/aromatic N) is 8. The lowest BCUT2D eigenvalue weighted by atomic mass is 9.88. The highest BCUT2D eigenvalue weighted by Crippen LogP contribution is 2.43. The third-order valence-electron chi connectivity index (χ3n) is 7.51. The van der Waals surface area contributed by atoms with Gasteiger partial charge in [-0.25, -0.2) is 4.68 Å². The molecule has 6 rings (SSSR count). The Morgan fingerprint density at radius 1 is 1.08 bits per heavy atom. The third kappa shape index (κ3) is 3.98. The van der Waals surface area contributed by atoms with Crippen LogP contribution in [0.5, 0.6) is 0 Å². The van der Waals surface area contributed by atoms with Crippen molar-refractivity contribution in [1.29, 1.82) is 0 Å². The number of pyridine rings is 2. The van der Waals surface area contributed by atoms with Gasteiger partial charge in [0.05, 0.1) is 39.2 Å². The van der Waals surface area contributed by atoms with Crippen molar-refractivity contribution in [1.82, 2.24) is 39.3 Å². The summed E-state index contributed by atoms with van der Waals surface area (Å²) in [6, 6.07) is 5.87. The van der Waals surface area contributed by atoms with Gasteiger partial charge in [-0.3, -0.25) is 14.6 Å². The van der Waals surface area contributed by atoms with Crippen LogP contribution in [0.25, 0.3) is 33.3 Å². The van der Waals surface area contributed by atoms with Gasteiger partial charge in [0, 0.05) is 45.3 Å². The minimum atomic E-state index is -1.18. The van der Waals surface area contributed by atoms with Gasteiger partial charge >= 0.3 is 0 Å². The van der Waals surface area contributed by atoms with Crippen LogP contribution in [0.3, 0.4) is 0 Å². The average molecular weight is 535 g/mol. The molecule has 1 saturated heterocycles. The molecule has 6 heterocycles. The van der Waals surface area contributed by atoms with E-state index < -0.39 is 5.60 Å². The minimum Gasteiger partial charge on any atom is -0.384 e. The predicted molar refractivity (Wildman–Crippen MR) is 145 cm³/mol. The molecular weight excluding hydrogens is 504 g/mol. The number of fused-ring (bicyclic) bond motifs is 3. The molecule has 1 aliphatic heterocycles. The largest absolute Gasteiger partial charge is 0.384 e. The summed E-state index contributed by atoms with van der Waals surface area (Å²) in [5.41, 5.74) is 6.44. The van der Waals surface area contributed by atoms with E-state index in [1.807, 2.05) is 44.0 Å². The minimum absolute atomic E-state index is 0.149. The predicted octanol–water partition coefficient (Wildman–Crippen LogP) is 4.32. The Labute approximate surface area is 225 Å². The second kappa shape index (κ2) is 9.14. The maximum atomic E-state index is 11.2. The molecule has 1 aliphatic rings. The van der Waals surface area contributed by atoms with Crippen molar-refractivity contribution >= 4 is 33.7 Å². The molecule has 0 saturated carbocycles. The number of halogens is 1. The fourth-order valence-corrected chi connectivity index (χ4v) is 5.92. The molecule has 1 N–H and O–H groups in total. The van der Waals surface area contributed by atoms with E-state index in [1.54, 1.807) is 24.7 Å². The monoisotopic (exact) mass is 534 g/mol. The van der Waals surface area contributed by atoms with Crippen molar-refractivity contribution in [3.63, 3.8) is 0 Å². The summed E-state index contributed by atoms with van der Waals surface area (Å²) in [6.45, 7) is 6.85. The lowest BCUT2D eigenvalue weighted by Crippen LogP contribution is -2.28.